The first kappa shape index (κ1) is 15.0. The zero-order chi connectivity index (χ0) is 13.4. The van der Waals surface area contributed by atoms with Crippen molar-refractivity contribution in [2.24, 2.45) is 0 Å². The minimum atomic E-state index is -0.281. The molecule has 1 rings (SSSR count). The Balaban J connectivity index is 2.52. The maximum absolute atomic E-state index is 13.7. The third kappa shape index (κ3) is 4.65. The molecular weight excluding hydrogens is 229 g/mol. The summed E-state index contributed by atoms with van der Waals surface area (Å²) >= 11 is 0. The molecule has 0 saturated heterocycles. The summed E-state index contributed by atoms with van der Waals surface area (Å²) in [6.45, 7) is 7.56. The van der Waals surface area contributed by atoms with E-state index in [2.05, 4.69) is 19.2 Å². The molecule has 0 amide bonds. The summed E-state index contributed by atoms with van der Waals surface area (Å²) in [5, 5.41) is 3.40. The Hall–Kier alpha value is -1.09. The van der Waals surface area contributed by atoms with Crippen LogP contribution in [0.15, 0.2) is 18.2 Å². The van der Waals surface area contributed by atoms with Crippen molar-refractivity contribution in [1.29, 1.82) is 0 Å². The second-order valence-corrected chi connectivity index (χ2v) is 4.51. The molecule has 102 valence electrons. The van der Waals surface area contributed by atoms with Crippen LogP contribution in [0.1, 0.15) is 51.6 Å². The zero-order valence-corrected chi connectivity index (χ0v) is 11.6. The molecule has 0 unspecified atom stereocenters. The highest BCUT2D eigenvalue weighted by molar-refractivity contribution is 5.30. The van der Waals surface area contributed by atoms with Gasteiger partial charge in [0.25, 0.3) is 0 Å². The topological polar surface area (TPSA) is 21.3 Å². The molecule has 1 atom stereocenters. The van der Waals surface area contributed by atoms with Crippen LogP contribution in [0.25, 0.3) is 0 Å². The average molecular weight is 253 g/mol. The van der Waals surface area contributed by atoms with Crippen molar-refractivity contribution in [1.82, 2.24) is 5.32 Å². The number of halogens is 1. The molecule has 3 heteroatoms. The molecule has 1 aromatic rings. The minimum Gasteiger partial charge on any atom is -0.491 e. The Morgan fingerprint density at radius 3 is 2.67 bits per heavy atom. The van der Waals surface area contributed by atoms with E-state index in [1.807, 2.05) is 13.0 Å². The summed E-state index contributed by atoms with van der Waals surface area (Å²) in [5.74, 6) is 0.0518. The van der Waals surface area contributed by atoms with Crippen LogP contribution >= 0.6 is 0 Å². The standard InChI is InChI=1S/C15H24FNO/c1-4-6-7-10-17-12(3)13-8-9-15(18-5-2)14(16)11-13/h8-9,11-12,17H,4-7,10H2,1-3H3/t12-/m1/s1. The molecule has 0 bridgehead atoms. The zero-order valence-electron chi connectivity index (χ0n) is 11.6. The van der Waals surface area contributed by atoms with Gasteiger partial charge in [-0.1, -0.05) is 25.8 Å². The fourth-order valence-electron chi connectivity index (χ4n) is 1.87. The van der Waals surface area contributed by atoms with Gasteiger partial charge in [0.2, 0.25) is 0 Å². The molecule has 2 nitrogen and oxygen atoms in total. The van der Waals surface area contributed by atoms with E-state index < -0.39 is 0 Å². The smallest absolute Gasteiger partial charge is 0.165 e. The molecule has 0 aliphatic rings. The van der Waals surface area contributed by atoms with E-state index in [4.69, 9.17) is 4.74 Å². The van der Waals surface area contributed by atoms with Crippen molar-refractivity contribution in [3.63, 3.8) is 0 Å². The summed E-state index contributed by atoms with van der Waals surface area (Å²) < 4.78 is 18.9. The molecular formula is C15H24FNO. The SMILES string of the molecule is CCCCCN[C@H](C)c1ccc(OCC)c(F)c1. The van der Waals surface area contributed by atoms with Gasteiger partial charge in [-0.2, -0.15) is 0 Å². The van der Waals surface area contributed by atoms with Gasteiger partial charge < -0.3 is 10.1 Å². The normalized spacial score (nSPS) is 12.4. The Morgan fingerprint density at radius 2 is 2.06 bits per heavy atom. The molecule has 1 aromatic carbocycles. The Bertz CT molecular complexity index is 354. The lowest BCUT2D eigenvalue weighted by Crippen LogP contribution is -2.19. The van der Waals surface area contributed by atoms with E-state index in [1.54, 1.807) is 12.1 Å². The quantitative estimate of drug-likeness (QED) is 0.705. The summed E-state index contributed by atoms with van der Waals surface area (Å²) in [5.41, 5.74) is 0.965. The van der Waals surface area contributed by atoms with Gasteiger partial charge in [-0.25, -0.2) is 4.39 Å². The number of rotatable bonds is 8. The molecule has 0 aliphatic carbocycles. The lowest BCUT2D eigenvalue weighted by atomic mass is 10.1. The van der Waals surface area contributed by atoms with Crippen LogP contribution in [0.3, 0.4) is 0 Å². The summed E-state index contributed by atoms with van der Waals surface area (Å²) in [6, 6.07) is 5.36. The van der Waals surface area contributed by atoms with Gasteiger partial charge in [0.1, 0.15) is 0 Å². The Labute approximate surface area is 110 Å². The average Bonchev–Trinajstić information content (AvgIpc) is 2.37. The molecule has 0 aliphatic heterocycles. The maximum atomic E-state index is 13.7. The lowest BCUT2D eigenvalue weighted by Gasteiger charge is -2.15. The van der Waals surface area contributed by atoms with Crippen molar-refractivity contribution < 1.29 is 9.13 Å². The molecule has 0 aromatic heterocycles. The first-order valence-electron chi connectivity index (χ1n) is 6.84. The fourth-order valence-corrected chi connectivity index (χ4v) is 1.87. The van der Waals surface area contributed by atoms with Gasteiger partial charge in [0, 0.05) is 6.04 Å². The van der Waals surface area contributed by atoms with E-state index in [0.29, 0.717) is 12.4 Å². The number of nitrogens with one attached hydrogen (secondary N) is 1. The Morgan fingerprint density at radius 1 is 1.28 bits per heavy atom. The van der Waals surface area contributed by atoms with Gasteiger partial charge in [0.05, 0.1) is 6.61 Å². The molecule has 18 heavy (non-hydrogen) atoms. The van der Waals surface area contributed by atoms with Crippen LogP contribution in [0.4, 0.5) is 4.39 Å². The van der Waals surface area contributed by atoms with Crippen molar-refractivity contribution in [2.75, 3.05) is 13.2 Å². The second kappa shape index (κ2) is 8.09. The third-order valence-electron chi connectivity index (χ3n) is 2.99. The van der Waals surface area contributed by atoms with Crippen molar-refractivity contribution in [3.05, 3.63) is 29.6 Å². The highest BCUT2D eigenvalue weighted by Gasteiger charge is 2.09. The largest absolute Gasteiger partial charge is 0.491 e. The number of ether oxygens (including phenoxy) is 1. The summed E-state index contributed by atoms with van der Waals surface area (Å²) in [4.78, 5) is 0. The van der Waals surface area contributed by atoms with Gasteiger partial charge >= 0.3 is 0 Å². The molecule has 0 heterocycles. The van der Waals surface area contributed by atoms with Crippen molar-refractivity contribution >= 4 is 0 Å². The van der Waals surface area contributed by atoms with Crippen molar-refractivity contribution in [3.8, 4) is 5.75 Å². The summed E-state index contributed by atoms with van der Waals surface area (Å²) in [6.07, 6.45) is 3.62. The lowest BCUT2D eigenvalue weighted by molar-refractivity contribution is 0.321. The maximum Gasteiger partial charge on any atom is 0.165 e. The number of benzene rings is 1. The highest BCUT2D eigenvalue weighted by Crippen LogP contribution is 2.22. The van der Waals surface area contributed by atoms with E-state index >= 15 is 0 Å². The van der Waals surface area contributed by atoms with E-state index in [0.717, 1.165) is 12.1 Å². The predicted molar refractivity (Wildman–Crippen MR) is 73.5 cm³/mol. The van der Waals surface area contributed by atoms with E-state index in [9.17, 15) is 4.39 Å². The van der Waals surface area contributed by atoms with Crippen LogP contribution in [-0.4, -0.2) is 13.2 Å². The monoisotopic (exact) mass is 253 g/mol. The third-order valence-corrected chi connectivity index (χ3v) is 2.99. The minimum absolute atomic E-state index is 0.173. The van der Waals surface area contributed by atoms with Crippen LogP contribution in [0, 0.1) is 5.82 Å². The first-order valence-corrected chi connectivity index (χ1v) is 6.84. The number of unbranched alkanes of at least 4 members (excludes halogenated alkanes) is 2. The molecule has 1 N–H and O–H groups in total. The predicted octanol–water partition coefficient (Wildman–Crippen LogP) is 4.07. The molecule has 0 fully saturated rings. The Kier molecular flexibility index (Phi) is 6.73. The van der Waals surface area contributed by atoms with Crippen molar-refractivity contribution in [2.45, 2.75) is 46.1 Å². The van der Waals surface area contributed by atoms with E-state index in [-0.39, 0.29) is 11.9 Å². The fraction of sp³-hybridized carbons (Fsp3) is 0.600. The van der Waals surface area contributed by atoms with Crippen LogP contribution in [0.2, 0.25) is 0 Å². The van der Waals surface area contributed by atoms with Crippen LogP contribution in [-0.2, 0) is 0 Å². The molecule has 0 radical (unpaired) electrons. The van der Waals surface area contributed by atoms with Gasteiger partial charge in [-0.3, -0.25) is 0 Å². The molecule has 0 spiro atoms. The van der Waals surface area contributed by atoms with Crippen LogP contribution in [0.5, 0.6) is 5.75 Å². The summed E-state index contributed by atoms with van der Waals surface area (Å²) in [7, 11) is 0. The highest BCUT2D eigenvalue weighted by atomic mass is 19.1. The second-order valence-electron chi connectivity index (χ2n) is 4.51. The number of hydrogen-bond donors (Lipinski definition) is 1. The molecule has 0 saturated carbocycles. The van der Waals surface area contributed by atoms with Gasteiger partial charge in [0.15, 0.2) is 11.6 Å². The van der Waals surface area contributed by atoms with Gasteiger partial charge in [-0.05, 0) is 44.5 Å². The van der Waals surface area contributed by atoms with Gasteiger partial charge in [-0.15, -0.1) is 0 Å². The first-order chi connectivity index (χ1) is 8.69. The number of hydrogen-bond acceptors (Lipinski definition) is 2. The van der Waals surface area contributed by atoms with E-state index in [1.165, 1.54) is 19.3 Å². The van der Waals surface area contributed by atoms with Crippen LogP contribution < -0.4 is 10.1 Å².